The standard InChI is InChI=1S/C16H30N6O2S/c1-19(2)25(23,24)22-11-7-8-14(12-22)16-18-17-15(20(16)3)13-21-9-5-4-6-10-21/h14H,4-13H2,1-3H3. The summed E-state index contributed by atoms with van der Waals surface area (Å²) >= 11 is 0. The Morgan fingerprint density at radius 2 is 1.80 bits per heavy atom. The van der Waals surface area contributed by atoms with Gasteiger partial charge in [0.2, 0.25) is 0 Å². The average molecular weight is 371 g/mol. The Hall–Kier alpha value is -1.03. The van der Waals surface area contributed by atoms with Gasteiger partial charge in [-0.2, -0.15) is 17.0 Å². The van der Waals surface area contributed by atoms with Crippen LogP contribution in [0.4, 0.5) is 0 Å². The molecular formula is C16H30N6O2S. The van der Waals surface area contributed by atoms with Gasteiger partial charge in [-0.05, 0) is 38.8 Å². The van der Waals surface area contributed by atoms with Crippen LogP contribution in [-0.4, -0.2) is 77.0 Å². The maximum absolute atomic E-state index is 12.4. The van der Waals surface area contributed by atoms with Crippen molar-refractivity contribution in [2.24, 2.45) is 7.05 Å². The van der Waals surface area contributed by atoms with E-state index in [1.165, 1.54) is 23.6 Å². The van der Waals surface area contributed by atoms with E-state index in [1.54, 1.807) is 18.4 Å². The fraction of sp³-hybridized carbons (Fsp3) is 0.875. The van der Waals surface area contributed by atoms with Crippen LogP contribution in [-0.2, 0) is 23.8 Å². The van der Waals surface area contributed by atoms with E-state index >= 15 is 0 Å². The maximum atomic E-state index is 12.4. The first-order valence-corrected chi connectivity index (χ1v) is 10.6. The van der Waals surface area contributed by atoms with Gasteiger partial charge in [0.05, 0.1) is 6.54 Å². The van der Waals surface area contributed by atoms with Crippen molar-refractivity contribution in [3.8, 4) is 0 Å². The van der Waals surface area contributed by atoms with Crippen molar-refractivity contribution in [3.63, 3.8) is 0 Å². The molecule has 2 saturated heterocycles. The molecule has 142 valence electrons. The van der Waals surface area contributed by atoms with Crippen LogP contribution in [0.25, 0.3) is 0 Å². The lowest BCUT2D eigenvalue weighted by atomic mass is 9.99. The predicted molar refractivity (Wildman–Crippen MR) is 96.3 cm³/mol. The first kappa shape index (κ1) is 18.8. The van der Waals surface area contributed by atoms with Gasteiger partial charge < -0.3 is 4.57 Å². The molecule has 0 radical (unpaired) electrons. The first-order chi connectivity index (χ1) is 11.9. The quantitative estimate of drug-likeness (QED) is 0.766. The first-order valence-electron chi connectivity index (χ1n) is 9.17. The van der Waals surface area contributed by atoms with E-state index < -0.39 is 10.2 Å². The summed E-state index contributed by atoms with van der Waals surface area (Å²) in [6.45, 7) is 4.14. The summed E-state index contributed by atoms with van der Waals surface area (Å²) in [6, 6.07) is 0. The lowest BCUT2D eigenvalue weighted by Crippen LogP contribution is -2.45. The SMILES string of the molecule is CN(C)S(=O)(=O)N1CCCC(c2nnc(CN3CCCCC3)n2C)C1. The molecule has 1 aromatic rings. The highest BCUT2D eigenvalue weighted by molar-refractivity contribution is 7.86. The highest BCUT2D eigenvalue weighted by Gasteiger charge is 2.33. The van der Waals surface area contributed by atoms with Crippen molar-refractivity contribution in [1.29, 1.82) is 0 Å². The molecule has 1 aromatic heterocycles. The van der Waals surface area contributed by atoms with E-state index in [0.717, 1.165) is 44.1 Å². The summed E-state index contributed by atoms with van der Waals surface area (Å²) in [5.41, 5.74) is 0. The van der Waals surface area contributed by atoms with Crippen LogP contribution in [0.2, 0.25) is 0 Å². The van der Waals surface area contributed by atoms with Gasteiger partial charge in [-0.3, -0.25) is 4.90 Å². The molecule has 2 aliphatic rings. The zero-order chi connectivity index (χ0) is 18.0. The lowest BCUT2D eigenvalue weighted by Gasteiger charge is -2.33. The number of hydrogen-bond acceptors (Lipinski definition) is 5. The number of likely N-dealkylation sites (tertiary alicyclic amines) is 1. The molecule has 8 nitrogen and oxygen atoms in total. The molecule has 0 aromatic carbocycles. The van der Waals surface area contributed by atoms with E-state index in [1.807, 2.05) is 7.05 Å². The second kappa shape index (κ2) is 7.69. The van der Waals surface area contributed by atoms with Crippen LogP contribution in [0.15, 0.2) is 0 Å². The van der Waals surface area contributed by atoms with Gasteiger partial charge in [0, 0.05) is 40.2 Å². The fourth-order valence-electron chi connectivity index (χ4n) is 3.78. The van der Waals surface area contributed by atoms with Crippen molar-refractivity contribution < 1.29 is 8.42 Å². The summed E-state index contributed by atoms with van der Waals surface area (Å²) in [6.07, 6.45) is 5.63. The van der Waals surface area contributed by atoms with Crippen molar-refractivity contribution in [2.75, 3.05) is 40.3 Å². The number of nitrogens with zero attached hydrogens (tertiary/aromatic N) is 6. The minimum absolute atomic E-state index is 0.107. The molecule has 0 saturated carbocycles. The number of aromatic nitrogens is 3. The Morgan fingerprint density at radius 3 is 2.48 bits per heavy atom. The highest BCUT2D eigenvalue weighted by Crippen LogP contribution is 2.28. The van der Waals surface area contributed by atoms with Crippen LogP contribution >= 0.6 is 0 Å². The van der Waals surface area contributed by atoms with Gasteiger partial charge in [-0.1, -0.05) is 6.42 Å². The smallest absolute Gasteiger partial charge is 0.281 e. The summed E-state index contributed by atoms with van der Waals surface area (Å²) < 4.78 is 29.8. The Kier molecular flexibility index (Phi) is 5.77. The maximum Gasteiger partial charge on any atom is 0.281 e. The highest BCUT2D eigenvalue weighted by atomic mass is 32.2. The molecule has 0 spiro atoms. The van der Waals surface area contributed by atoms with Gasteiger partial charge in [0.25, 0.3) is 10.2 Å². The third-order valence-corrected chi connectivity index (χ3v) is 7.26. The number of hydrogen-bond donors (Lipinski definition) is 0. The summed E-state index contributed by atoms with van der Waals surface area (Å²) in [5, 5.41) is 8.82. The second-order valence-corrected chi connectivity index (χ2v) is 9.50. The van der Waals surface area contributed by atoms with Gasteiger partial charge in [0.15, 0.2) is 0 Å². The molecule has 1 atom stereocenters. The minimum Gasteiger partial charge on any atom is -0.317 e. The summed E-state index contributed by atoms with van der Waals surface area (Å²) in [7, 11) is 1.80. The molecule has 2 fully saturated rings. The Morgan fingerprint density at radius 1 is 1.08 bits per heavy atom. The van der Waals surface area contributed by atoms with Gasteiger partial charge in [-0.25, -0.2) is 0 Å². The van der Waals surface area contributed by atoms with Gasteiger partial charge >= 0.3 is 0 Å². The largest absolute Gasteiger partial charge is 0.317 e. The molecular weight excluding hydrogens is 340 g/mol. The second-order valence-electron chi connectivity index (χ2n) is 7.36. The topological polar surface area (TPSA) is 74.6 Å². The van der Waals surface area contributed by atoms with Gasteiger partial charge in [-0.15, -0.1) is 10.2 Å². The molecule has 9 heteroatoms. The zero-order valence-electron chi connectivity index (χ0n) is 15.6. The van der Waals surface area contributed by atoms with Crippen molar-refractivity contribution in [1.82, 2.24) is 28.3 Å². The molecule has 2 aliphatic heterocycles. The van der Waals surface area contributed by atoms with Crippen LogP contribution in [0.3, 0.4) is 0 Å². The van der Waals surface area contributed by atoms with Gasteiger partial charge in [0.1, 0.15) is 11.6 Å². The van der Waals surface area contributed by atoms with Crippen molar-refractivity contribution >= 4 is 10.2 Å². The normalized spacial score (nSPS) is 24.1. The van der Waals surface area contributed by atoms with Crippen LogP contribution in [0, 0.1) is 0 Å². The Balaban J connectivity index is 1.71. The zero-order valence-corrected chi connectivity index (χ0v) is 16.4. The van der Waals surface area contributed by atoms with Crippen molar-refractivity contribution in [3.05, 3.63) is 11.6 Å². The molecule has 0 N–H and O–H groups in total. The third-order valence-electron chi connectivity index (χ3n) is 5.35. The van der Waals surface area contributed by atoms with E-state index in [-0.39, 0.29) is 5.92 Å². The fourth-order valence-corrected chi connectivity index (χ4v) is 4.97. The Bertz CT molecular complexity index is 681. The number of piperidine rings is 2. The molecule has 3 heterocycles. The lowest BCUT2D eigenvalue weighted by molar-refractivity contribution is 0.213. The predicted octanol–water partition coefficient (Wildman–Crippen LogP) is 0.787. The molecule has 0 bridgehead atoms. The monoisotopic (exact) mass is 370 g/mol. The van der Waals surface area contributed by atoms with E-state index in [9.17, 15) is 8.42 Å². The van der Waals surface area contributed by atoms with E-state index in [4.69, 9.17) is 0 Å². The summed E-state index contributed by atoms with van der Waals surface area (Å²) in [5.74, 6) is 1.99. The minimum atomic E-state index is -3.37. The number of rotatable bonds is 5. The molecule has 0 amide bonds. The molecule has 1 unspecified atom stereocenters. The van der Waals surface area contributed by atoms with Crippen molar-refractivity contribution in [2.45, 2.75) is 44.6 Å². The van der Waals surface area contributed by atoms with E-state index in [0.29, 0.717) is 13.1 Å². The molecule has 3 rings (SSSR count). The van der Waals surface area contributed by atoms with E-state index in [2.05, 4.69) is 19.7 Å². The molecule has 25 heavy (non-hydrogen) atoms. The van der Waals surface area contributed by atoms with Crippen LogP contribution in [0.1, 0.15) is 49.7 Å². The van der Waals surface area contributed by atoms with Crippen LogP contribution < -0.4 is 0 Å². The third kappa shape index (κ3) is 4.05. The van der Waals surface area contributed by atoms with Crippen LogP contribution in [0.5, 0.6) is 0 Å². The molecule has 0 aliphatic carbocycles. The Labute approximate surface area is 151 Å². The average Bonchev–Trinajstić information content (AvgIpc) is 2.96. The summed E-state index contributed by atoms with van der Waals surface area (Å²) in [4.78, 5) is 2.43.